The maximum atomic E-state index is 12.0. The number of benzene rings is 2. The number of carbonyl (C=O) groups is 1. The number of methoxy groups -OCH3 is 1. The maximum Gasteiger partial charge on any atom is 0.316 e. The lowest BCUT2D eigenvalue weighted by Crippen LogP contribution is -2.14. The number of carbonyl (C=O) groups excluding carboxylic acids is 1. The molecule has 0 aliphatic rings. The minimum absolute atomic E-state index is 0.144. The van der Waals surface area contributed by atoms with Crippen molar-refractivity contribution in [3.63, 3.8) is 0 Å². The summed E-state index contributed by atoms with van der Waals surface area (Å²) in [7, 11) is 1.62. The van der Waals surface area contributed by atoms with Gasteiger partial charge in [-0.3, -0.25) is 9.36 Å². The van der Waals surface area contributed by atoms with Crippen molar-refractivity contribution in [2.75, 3.05) is 12.9 Å². The van der Waals surface area contributed by atoms with Crippen molar-refractivity contribution in [3.8, 4) is 17.2 Å². The summed E-state index contributed by atoms with van der Waals surface area (Å²) in [6.07, 6.45) is -0.157. The molecule has 158 valence electrons. The SMILES string of the molecule is COc1ccc(-n2c(COc3cccc(C)c3)nnc2SCC(=O)OC(C)C)cc1. The van der Waals surface area contributed by atoms with Crippen molar-refractivity contribution in [1.29, 1.82) is 0 Å². The summed E-state index contributed by atoms with van der Waals surface area (Å²) in [5, 5.41) is 9.15. The van der Waals surface area contributed by atoms with Crippen LogP contribution < -0.4 is 9.47 Å². The van der Waals surface area contributed by atoms with Gasteiger partial charge in [0.2, 0.25) is 0 Å². The standard InChI is InChI=1S/C22H25N3O4S/c1-15(2)29-21(26)14-30-22-24-23-20(13-28-19-7-5-6-16(3)12-19)25(22)17-8-10-18(27-4)11-9-17/h5-12,15H,13-14H2,1-4H3. The topological polar surface area (TPSA) is 75.5 Å². The van der Waals surface area contributed by atoms with Crippen LogP contribution in [0.4, 0.5) is 0 Å². The van der Waals surface area contributed by atoms with E-state index in [1.54, 1.807) is 7.11 Å². The number of thioether (sulfide) groups is 1. The summed E-state index contributed by atoms with van der Waals surface area (Å²) in [6.45, 7) is 5.89. The van der Waals surface area contributed by atoms with Gasteiger partial charge in [-0.25, -0.2) is 0 Å². The molecule has 0 aliphatic carbocycles. The molecule has 0 saturated carbocycles. The summed E-state index contributed by atoms with van der Waals surface area (Å²) in [5.41, 5.74) is 1.97. The molecule has 0 bridgehead atoms. The predicted octanol–water partition coefficient (Wildman–Crippen LogP) is 4.21. The molecule has 0 aliphatic heterocycles. The minimum Gasteiger partial charge on any atom is -0.497 e. The second-order valence-electron chi connectivity index (χ2n) is 6.86. The minimum atomic E-state index is -0.295. The Bertz CT molecular complexity index is 986. The van der Waals surface area contributed by atoms with Gasteiger partial charge in [-0.15, -0.1) is 10.2 Å². The van der Waals surface area contributed by atoms with Gasteiger partial charge in [0.05, 0.1) is 19.0 Å². The Balaban J connectivity index is 1.83. The van der Waals surface area contributed by atoms with E-state index < -0.39 is 0 Å². The molecule has 1 heterocycles. The van der Waals surface area contributed by atoms with E-state index in [1.807, 2.05) is 73.9 Å². The van der Waals surface area contributed by atoms with Gasteiger partial charge in [0.25, 0.3) is 0 Å². The number of hydrogen-bond donors (Lipinski definition) is 0. The van der Waals surface area contributed by atoms with Crippen LogP contribution in [0.5, 0.6) is 11.5 Å². The summed E-state index contributed by atoms with van der Waals surface area (Å²) in [4.78, 5) is 12.0. The van der Waals surface area contributed by atoms with E-state index in [2.05, 4.69) is 10.2 Å². The first kappa shape index (κ1) is 21.7. The van der Waals surface area contributed by atoms with Crippen LogP contribution in [0.2, 0.25) is 0 Å². The first-order chi connectivity index (χ1) is 14.5. The van der Waals surface area contributed by atoms with Crippen molar-refractivity contribution < 1.29 is 19.0 Å². The number of aryl methyl sites for hydroxylation is 1. The average Bonchev–Trinajstić information content (AvgIpc) is 3.13. The Morgan fingerprint density at radius 3 is 2.53 bits per heavy atom. The molecule has 2 aromatic carbocycles. The number of ether oxygens (including phenoxy) is 3. The Morgan fingerprint density at radius 1 is 1.10 bits per heavy atom. The van der Waals surface area contributed by atoms with Gasteiger partial charge in [-0.05, 0) is 62.7 Å². The van der Waals surface area contributed by atoms with Crippen molar-refractivity contribution in [1.82, 2.24) is 14.8 Å². The fourth-order valence-corrected chi connectivity index (χ4v) is 3.50. The summed E-state index contributed by atoms with van der Waals surface area (Å²) >= 11 is 1.27. The lowest BCUT2D eigenvalue weighted by Gasteiger charge is -2.12. The molecule has 0 fully saturated rings. The summed E-state index contributed by atoms with van der Waals surface area (Å²) in [6, 6.07) is 15.4. The van der Waals surface area contributed by atoms with E-state index in [-0.39, 0.29) is 24.4 Å². The second kappa shape index (κ2) is 10.2. The van der Waals surface area contributed by atoms with E-state index in [0.29, 0.717) is 11.0 Å². The molecule has 1 aromatic heterocycles. The number of hydrogen-bond acceptors (Lipinski definition) is 7. The van der Waals surface area contributed by atoms with Crippen LogP contribution in [-0.2, 0) is 16.1 Å². The van der Waals surface area contributed by atoms with Crippen LogP contribution in [0.1, 0.15) is 25.2 Å². The van der Waals surface area contributed by atoms with Gasteiger partial charge in [0, 0.05) is 5.69 Å². The maximum absolute atomic E-state index is 12.0. The van der Waals surface area contributed by atoms with Crippen LogP contribution in [0.15, 0.2) is 53.7 Å². The fraction of sp³-hybridized carbons (Fsp3) is 0.318. The van der Waals surface area contributed by atoms with Gasteiger partial charge < -0.3 is 14.2 Å². The third kappa shape index (κ3) is 5.76. The van der Waals surface area contributed by atoms with Crippen LogP contribution in [0.3, 0.4) is 0 Å². The zero-order valence-electron chi connectivity index (χ0n) is 17.5. The number of rotatable bonds is 9. The monoisotopic (exact) mass is 427 g/mol. The highest BCUT2D eigenvalue weighted by Gasteiger charge is 2.17. The third-order valence-electron chi connectivity index (χ3n) is 4.07. The second-order valence-corrected chi connectivity index (χ2v) is 7.81. The molecule has 0 N–H and O–H groups in total. The molecule has 0 amide bonds. The van der Waals surface area contributed by atoms with Crippen LogP contribution in [0, 0.1) is 6.92 Å². The third-order valence-corrected chi connectivity index (χ3v) is 4.98. The zero-order valence-corrected chi connectivity index (χ0v) is 18.3. The van der Waals surface area contributed by atoms with Crippen LogP contribution in [0.25, 0.3) is 5.69 Å². The van der Waals surface area contributed by atoms with Crippen LogP contribution >= 0.6 is 11.8 Å². The quantitative estimate of drug-likeness (QED) is 0.374. The Labute approximate surface area is 180 Å². The Morgan fingerprint density at radius 2 is 1.87 bits per heavy atom. The first-order valence-electron chi connectivity index (χ1n) is 9.56. The molecule has 0 spiro atoms. The molecule has 8 heteroatoms. The fourth-order valence-electron chi connectivity index (χ4n) is 2.75. The normalized spacial score (nSPS) is 10.8. The van der Waals surface area contributed by atoms with E-state index in [4.69, 9.17) is 14.2 Å². The molecule has 0 radical (unpaired) electrons. The highest BCUT2D eigenvalue weighted by Crippen LogP contribution is 2.25. The molecule has 7 nitrogen and oxygen atoms in total. The molecule has 0 unspecified atom stereocenters. The van der Waals surface area contributed by atoms with E-state index in [0.717, 1.165) is 22.7 Å². The predicted molar refractivity (Wildman–Crippen MR) is 115 cm³/mol. The molecule has 0 saturated heterocycles. The van der Waals surface area contributed by atoms with E-state index in [1.165, 1.54) is 11.8 Å². The van der Waals surface area contributed by atoms with Crippen molar-refractivity contribution in [3.05, 3.63) is 59.9 Å². The highest BCUT2D eigenvalue weighted by molar-refractivity contribution is 7.99. The molecule has 0 atom stereocenters. The van der Waals surface area contributed by atoms with Gasteiger partial charge in [0.1, 0.15) is 18.1 Å². The Hall–Kier alpha value is -3.00. The molecular formula is C22H25N3O4S. The van der Waals surface area contributed by atoms with Gasteiger partial charge in [0.15, 0.2) is 11.0 Å². The smallest absolute Gasteiger partial charge is 0.316 e. The zero-order chi connectivity index (χ0) is 21.5. The van der Waals surface area contributed by atoms with Crippen molar-refractivity contribution >= 4 is 17.7 Å². The number of esters is 1. The van der Waals surface area contributed by atoms with E-state index in [9.17, 15) is 4.79 Å². The molecule has 30 heavy (non-hydrogen) atoms. The van der Waals surface area contributed by atoms with Gasteiger partial charge in [-0.1, -0.05) is 23.9 Å². The number of nitrogens with zero attached hydrogens (tertiary/aromatic N) is 3. The lowest BCUT2D eigenvalue weighted by atomic mass is 10.2. The van der Waals surface area contributed by atoms with Crippen LogP contribution in [-0.4, -0.2) is 39.7 Å². The summed E-state index contributed by atoms with van der Waals surface area (Å²) < 4.78 is 18.3. The molecule has 3 rings (SSSR count). The highest BCUT2D eigenvalue weighted by atomic mass is 32.2. The van der Waals surface area contributed by atoms with Crippen molar-refractivity contribution in [2.45, 2.75) is 38.6 Å². The molecular weight excluding hydrogens is 402 g/mol. The van der Waals surface area contributed by atoms with Gasteiger partial charge >= 0.3 is 5.97 Å². The average molecular weight is 428 g/mol. The van der Waals surface area contributed by atoms with E-state index >= 15 is 0 Å². The largest absolute Gasteiger partial charge is 0.497 e. The number of aromatic nitrogens is 3. The summed E-state index contributed by atoms with van der Waals surface area (Å²) in [5.74, 6) is 1.98. The first-order valence-corrected chi connectivity index (χ1v) is 10.6. The lowest BCUT2D eigenvalue weighted by molar-refractivity contribution is -0.144. The van der Waals surface area contributed by atoms with Crippen molar-refractivity contribution in [2.24, 2.45) is 0 Å². The van der Waals surface area contributed by atoms with Gasteiger partial charge in [-0.2, -0.15) is 0 Å². The Kier molecular flexibility index (Phi) is 7.35. The molecule has 3 aromatic rings.